The first kappa shape index (κ1) is 32.5. The first-order valence-electron chi connectivity index (χ1n) is 13.5. The highest BCUT2D eigenvalue weighted by Gasteiger charge is 2.48. The third-order valence-corrected chi connectivity index (χ3v) is 9.61. The number of nitrogens with zero attached hydrogens (tertiary/aromatic N) is 6. The predicted molar refractivity (Wildman–Crippen MR) is 146 cm³/mol. The molecule has 11 atom stereocenters. The zero-order valence-electron chi connectivity index (χ0n) is 24.1. The summed E-state index contributed by atoms with van der Waals surface area (Å²) in [5.41, 5.74) is 10.8. The summed E-state index contributed by atoms with van der Waals surface area (Å²) in [6, 6.07) is 1.59. The highest BCUT2D eigenvalue weighted by molar-refractivity contribution is 7.61. The van der Waals surface area contributed by atoms with E-state index in [1.54, 1.807) is 6.07 Å². The molecule has 1 amide bonds. The van der Waals surface area contributed by atoms with Gasteiger partial charge >= 0.3 is 15.6 Å². The Balaban J connectivity index is 1.16. The molecule has 0 aliphatic carbocycles. The van der Waals surface area contributed by atoms with Crippen molar-refractivity contribution in [3.63, 3.8) is 0 Å². The molecule has 22 nitrogen and oxygen atoms in total. The Morgan fingerprint density at radius 3 is 2.20 bits per heavy atom. The maximum Gasteiger partial charge on any atom is 0.481 e. The number of imidazole rings is 1. The number of hydrogen-bond acceptors (Lipinski definition) is 18. The number of phosphoric ester groups is 2. The van der Waals surface area contributed by atoms with Crippen molar-refractivity contribution in [1.82, 2.24) is 24.4 Å². The molecule has 10 N–H and O–H groups in total. The van der Waals surface area contributed by atoms with Crippen LogP contribution in [0.25, 0.3) is 11.2 Å². The fourth-order valence-corrected chi connectivity index (χ4v) is 6.83. The van der Waals surface area contributed by atoms with Gasteiger partial charge in [-0.1, -0.05) is 0 Å². The van der Waals surface area contributed by atoms with Crippen molar-refractivity contribution in [2.75, 3.05) is 18.9 Å². The van der Waals surface area contributed by atoms with Crippen molar-refractivity contribution in [3.8, 4) is 6.07 Å². The zero-order chi connectivity index (χ0) is 34.5. The largest absolute Gasteiger partial charge is 0.481 e. The van der Waals surface area contributed by atoms with Crippen molar-refractivity contribution in [2.45, 2.75) is 49.1 Å². The number of carbonyl (C=O) groups is 1. The van der Waals surface area contributed by atoms with Gasteiger partial charge in [-0.05, 0) is 6.08 Å². The van der Waals surface area contributed by atoms with E-state index >= 15 is 0 Å². The lowest BCUT2D eigenvalue weighted by Gasteiger charge is -2.29. The molecule has 0 spiro atoms. The Hall–Kier alpha value is -3.39. The Bertz CT molecular complexity index is 1740. The average Bonchev–Trinajstić information content (AvgIpc) is 3.65. The standard InChI is InChI=1S/C22H28N8O14P2/c23-3-9-1-2-29(4-10(9)19(25)35)21-16(33)14(31)11(42-21)5-40-45(36,37)44-46(38,39)41-6-12-15(32)17(34)22(43-12)30-8-28-13-18(24)26-7-27-20(13)30/h1-2,4,7-9,11-12,14-17,21-22,31-34H,5-6H2,(H2,25,35)(H,36,37)(H,38,39)(H2,24,26,27)/t9?,11-,12-,14-,15-,16-,17-,21-,22-/m1/s1/i9D. The van der Waals surface area contributed by atoms with Crippen LogP contribution in [0.15, 0.2) is 36.7 Å². The van der Waals surface area contributed by atoms with Crippen molar-refractivity contribution in [3.05, 3.63) is 36.7 Å². The summed E-state index contributed by atoms with van der Waals surface area (Å²) in [5, 5.41) is 51.0. The van der Waals surface area contributed by atoms with Crippen molar-refractivity contribution >= 4 is 38.5 Å². The number of ether oxygens (including phenoxy) is 2. The van der Waals surface area contributed by atoms with Gasteiger partial charge in [0.2, 0.25) is 5.91 Å². The summed E-state index contributed by atoms with van der Waals surface area (Å²) in [6.45, 7) is -1.92. The molecule has 3 aliphatic heterocycles. The van der Waals surface area contributed by atoms with Crippen molar-refractivity contribution in [2.24, 2.45) is 11.6 Å². The Labute approximate surface area is 259 Å². The third-order valence-electron chi connectivity index (χ3n) is 7.01. The lowest BCUT2D eigenvalue weighted by Crippen LogP contribution is -2.41. The number of aliphatic hydroxyl groups excluding tert-OH is 4. The lowest BCUT2D eigenvalue weighted by atomic mass is 9.98. The molecule has 3 unspecified atom stereocenters. The Morgan fingerprint density at radius 1 is 1.02 bits per heavy atom. The average molecular weight is 691 g/mol. The Morgan fingerprint density at radius 2 is 1.61 bits per heavy atom. The van der Waals surface area contributed by atoms with E-state index in [1.807, 2.05) is 0 Å². The van der Waals surface area contributed by atoms with E-state index in [0.29, 0.717) is 0 Å². The van der Waals surface area contributed by atoms with Gasteiger partial charge in [-0.3, -0.25) is 18.4 Å². The number of carbonyl (C=O) groups excluding carboxylic acids is 1. The second-order valence-corrected chi connectivity index (χ2v) is 13.0. The monoisotopic (exact) mass is 691 g/mol. The van der Waals surface area contributed by atoms with E-state index in [0.717, 1.165) is 29.7 Å². The zero-order valence-corrected chi connectivity index (χ0v) is 24.9. The molecule has 0 bridgehead atoms. The molecule has 46 heavy (non-hydrogen) atoms. The van der Waals surface area contributed by atoms with Crippen LogP contribution in [0.3, 0.4) is 0 Å². The van der Waals surface area contributed by atoms with Crippen molar-refractivity contribution < 1.29 is 68.3 Å². The molecule has 0 radical (unpaired) electrons. The first-order valence-corrected chi connectivity index (χ1v) is 16.0. The van der Waals surface area contributed by atoms with E-state index < -0.39 is 95.3 Å². The fraction of sp³-hybridized carbons (Fsp3) is 0.500. The molecule has 5 rings (SSSR count). The fourth-order valence-electron chi connectivity index (χ4n) is 4.74. The molecule has 2 aromatic heterocycles. The molecular weight excluding hydrogens is 662 g/mol. The van der Waals surface area contributed by atoms with Gasteiger partial charge in [-0.15, -0.1) is 0 Å². The van der Waals surface area contributed by atoms with Gasteiger partial charge in [0.05, 0.1) is 38.4 Å². The Kier molecular flexibility index (Phi) is 9.21. The molecule has 24 heteroatoms. The number of nitriles is 1. The van der Waals surface area contributed by atoms with Crippen LogP contribution in [0.2, 0.25) is 0 Å². The number of phosphoric acid groups is 2. The number of aliphatic hydroxyl groups is 4. The van der Waals surface area contributed by atoms with Crippen LogP contribution in [0, 0.1) is 17.2 Å². The van der Waals surface area contributed by atoms with Gasteiger partial charge < -0.3 is 56.1 Å². The molecule has 3 aliphatic rings. The van der Waals surface area contributed by atoms with Crippen LogP contribution in [0.5, 0.6) is 0 Å². The van der Waals surface area contributed by atoms with Gasteiger partial charge in [0.1, 0.15) is 48.5 Å². The second kappa shape index (κ2) is 13.0. The minimum atomic E-state index is -5.45. The molecule has 5 heterocycles. The number of aromatic nitrogens is 4. The van der Waals surface area contributed by atoms with E-state index in [2.05, 4.69) is 23.8 Å². The van der Waals surface area contributed by atoms with Gasteiger partial charge in [-0.25, -0.2) is 24.1 Å². The summed E-state index contributed by atoms with van der Waals surface area (Å²) < 4.78 is 58.8. The number of primary amides is 1. The number of anilines is 1. The van der Waals surface area contributed by atoms with Crippen LogP contribution in [0.4, 0.5) is 5.82 Å². The number of nitrogens with two attached hydrogens (primary N) is 2. The normalized spacial score (nSPS) is 35.7. The predicted octanol–water partition coefficient (Wildman–Crippen LogP) is -2.94. The minimum absolute atomic E-state index is 0.0354. The topological polar surface area (TPSA) is 341 Å². The number of rotatable bonds is 11. The van der Waals surface area contributed by atoms with E-state index in [1.165, 1.54) is 10.9 Å². The van der Waals surface area contributed by atoms with Crippen LogP contribution in [-0.4, -0.2) is 117 Å². The third kappa shape index (κ3) is 6.83. The summed E-state index contributed by atoms with van der Waals surface area (Å²) >= 11 is 0. The minimum Gasteiger partial charge on any atom is -0.387 e. The van der Waals surface area contributed by atoms with Gasteiger partial charge in [0.25, 0.3) is 0 Å². The molecule has 0 saturated carbocycles. The number of nitrogen functional groups attached to an aromatic ring is 1. The molecular formula is C22H28N8O14P2. The smallest absolute Gasteiger partial charge is 0.387 e. The lowest BCUT2D eigenvalue weighted by molar-refractivity contribution is -0.115. The maximum absolute atomic E-state index is 12.5. The summed E-state index contributed by atoms with van der Waals surface area (Å²) in [7, 11) is -10.9. The molecule has 250 valence electrons. The number of fused-ring (bicyclic) bond motifs is 1. The van der Waals surface area contributed by atoms with Gasteiger partial charge in [-0.2, -0.15) is 9.57 Å². The highest BCUT2D eigenvalue weighted by atomic mass is 31.3. The van der Waals surface area contributed by atoms with E-state index in [4.69, 9.17) is 26.8 Å². The quantitative estimate of drug-likeness (QED) is 0.109. The number of allylic oxidation sites excluding steroid dienone is 1. The summed E-state index contributed by atoms with van der Waals surface area (Å²) in [5.74, 6) is -3.21. The maximum atomic E-state index is 12.5. The second-order valence-electron chi connectivity index (χ2n) is 9.98. The number of amides is 1. The van der Waals surface area contributed by atoms with E-state index in [-0.39, 0.29) is 17.0 Å². The number of hydrogen-bond donors (Lipinski definition) is 8. The van der Waals surface area contributed by atoms with Crippen molar-refractivity contribution in [1.29, 1.82) is 5.26 Å². The van der Waals surface area contributed by atoms with Gasteiger partial charge in [0.15, 0.2) is 23.9 Å². The van der Waals surface area contributed by atoms with Crippen LogP contribution in [0.1, 0.15) is 7.60 Å². The van der Waals surface area contributed by atoms with E-state index in [9.17, 15) is 49.4 Å². The first-order chi connectivity index (χ1) is 22.0. The molecule has 0 aromatic carbocycles. The SMILES string of the molecule is [2H]C1(C#N)C=CN([C@@H]2O[C@H](COP(=O)(O)OP(=O)(O)OC[C@H]3O[C@@H](n4cnc5c(N)ncnc54)[C@H](O)[C@@H]3O)[C@@H](O)[C@H]2O)C=C1C(N)=O. The van der Waals surface area contributed by atoms with Crippen LogP contribution in [-0.2, 0) is 36.8 Å². The van der Waals surface area contributed by atoms with Crippen LogP contribution >= 0.6 is 15.6 Å². The molecule has 2 saturated heterocycles. The molecule has 2 aromatic rings. The van der Waals surface area contributed by atoms with Gasteiger partial charge in [0, 0.05) is 12.4 Å². The summed E-state index contributed by atoms with van der Waals surface area (Å²) in [6.07, 6.45) is -7.18. The summed E-state index contributed by atoms with van der Waals surface area (Å²) in [4.78, 5) is 44.7. The van der Waals surface area contributed by atoms with Crippen LogP contribution < -0.4 is 11.5 Å². The highest BCUT2D eigenvalue weighted by Crippen LogP contribution is 2.60. The molecule has 2 fully saturated rings.